The fraction of sp³-hybridized carbons (Fsp3) is 0.500. The number of nitrogens with zero attached hydrogens (tertiary/aromatic N) is 2. The van der Waals surface area contributed by atoms with Crippen molar-refractivity contribution in [1.29, 1.82) is 0 Å². The second kappa shape index (κ2) is 7.00. The third-order valence-electron chi connectivity index (χ3n) is 5.99. The average molecular weight is 338 g/mol. The molecule has 1 aromatic heterocycles. The van der Waals surface area contributed by atoms with Crippen molar-refractivity contribution in [3.63, 3.8) is 0 Å². The first-order valence-electron chi connectivity index (χ1n) is 9.29. The van der Waals surface area contributed by atoms with Crippen LogP contribution in [0.1, 0.15) is 30.7 Å². The minimum Gasteiger partial charge on any atom is -0.349 e. The number of nitrogens with two attached hydrogens (primary N) is 1. The molecule has 1 heterocycles. The number of carbonyl (C=O) groups is 1. The molecule has 0 spiro atoms. The maximum atomic E-state index is 12.6. The van der Waals surface area contributed by atoms with Gasteiger partial charge in [0, 0.05) is 25.0 Å². The van der Waals surface area contributed by atoms with Crippen LogP contribution in [0.3, 0.4) is 0 Å². The summed E-state index contributed by atoms with van der Waals surface area (Å²) in [4.78, 5) is 17.0. The van der Waals surface area contributed by atoms with Gasteiger partial charge in [-0.15, -0.1) is 0 Å². The summed E-state index contributed by atoms with van der Waals surface area (Å²) in [6.45, 7) is 1.34. The van der Waals surface area contributed by atoms with Crippen LogP contribution < -0.4 is 11.1 Å². The Morgan fingerprint density at radius 1 is 1.24 bits per heavy atom. The predicted octanol–water partition coefficient (Wildman–Crippen LogP) is 2.12. The first-order chi connectivity index (χ1) is 12.2. The molecule has 1 aromatic carbocycles. The fourth-order valence-corrected chi connectivity index (χ4v) is 4.61. The minimum absolute atomic E-state index is 0.00789. The molecular weight excluding hydrogens is 312 g/mol. The summed E-state index contributed by atoms with van der Waals surface area (Å²) in [7, 11) is 0. The van der Waals surface area contributed by atoms with Gasteiger partial charge in [-0.3, -0.25) is 4.79 Å². The number of hydrogen-bond acceptors (Lipinski definition) is 3. The summed E-state index contributed by atoms with van der Waals surface area (Å²) < 4.78 is 2.12. The second-order valence-corrected chi connectivity index (χ2v) is 7.43. The van der Waals surface area contributed by atoms with Gasteiger partial charge in [0.25, 0.3) is 0 Å². The standard InChI is InChI=1S/C20H26N4O/c21-19-16-7-6-15(12-16)18(19)20(25)23-13-17-22-9-11-24(17)10-8-14-4-2-1-3-5-14/h1-5,9,11,15-16,18-19H,6-8,10,12-13,21H2,(H,23,25). The van der Waals surface area contributed by atoms with Crippen LogP contribution in [0, 0.1) is 17.8 Å². The molecule has 1 amide bonds. The highest BCUT2D eigenvalue weighted by atomic mass is 16.2. The number of benzene rings is 1. The molecule has 2 saturated carbocycles. The fourth-order valence-electron chi connectivity index (χ4n) is 4.61. The zero-order chi connectivity index (χ0) is 17.2. The van der Waals surface area contributed by atoms with Crippen molar-refractivity contribution in [1.82, 2.24) is 14.9 Å². The van der Waals surface area contributed by atoms with E-state index in [0.29, 0.717) is 18.4 Å². The monoisotopic (exact) mass is 338 g/mol. The number of nitrogens with one attached hydrogen (secondary N) is 1. The summed E-state index contributed by atoms with van der Waals surface area (Å²) in [5.41, 5.74) is 7.58. The Morgan fingerprint density at radius 3 is 2.80 bits per heavy atom. The smallest absolute Gasteiger partial charge is 0.225 e. The van der Waals surface area contributed by atoms with E-state index in [0.717, 1.165) is 31.6 Å². The van der Waals surface area contributed by atoms with E-state index in [1.807, 2.05) is 12.3 Å². The number of rotatable bonds is 6. The lowest BCUT2D eigenvalue weighted by atomic mass is 9.84. The maximum Gasteiger partial charge on any atom is 0.225 e. The molecule has 2 aliphatic rings. The van der Waals surface area contributed by atoms with Gasteiger partial charge in [0.05, 0.1) is 12.5 Å². The summed E-state index contributed by atoms with van der Waals surface area (Å²) in [6.07, 6.45) is 8.21. The zero-order valence-corrected chi connectivity index (χ0v) is 14.5. The molecule has 2 aliphatic carbocycles. The van der Waals surface area contributed by atoms with Crippen molar-refractivity contribution in [3.05, 3.63) is 54.1 Å². The quantitative estimate of drug-likeness (QED) is 0.847. The van der Waals surface area contributed by atoms with Crippen LogP contribution in [0.15, 0.2) is 42.7 Å². The average Bonchev–Trinajstić information content (AvgIpc) is 3.35. The molecule has 2 bridgehead atoms. The number of aromatic nitrogens is 2. The number of hydrogen-bond donors (Lipinski definition) is 2. The van der Waals surface area contributed by atoms with E-state index in [1.165, 1.54) is 12.0 Å². The van der Waals surface area contributed by atoms with Gasteiger partial charge < -0.3 is 15.6 Å². The first kappa shape index (κ1) is 16.3. The topological polar surface area (TPSA) is 72.9 Å². The summed E-state index contributed by atoms with van der Waals surface area (Å²) in [5, 5.41) is 3.08. The van der Waals surface area contributed by atoms with E-state index < -0.39 is 0 Å². The van der Waals surface area contributed by atoms with Gasteiger partial charge >= 0.3 is 0 Å². The molecule has 5 heteroatoms. The Bertz CT molecular complexity index is 724. The van der Waals surface area contributed by atoms with Crippen molar-refractivity contribution in [2.45, 2.75) is 44.8 Å². The molecule has 2 aromatic rings. The predicted molar refractivity (Wildman–Crippen MR) is 96.5 cm³/mol. The van der Waals surface area contributed by atoms with E-state index in [1.54, 1.807) is 6.20 Å². The van der Waals surface area contributed by atoms with Gasteiger partial charge in [0.1, 0.15) is 5.82 Å². The molecule has 25 heavy (non-hydrogen) atoms. The lowest BCUT2D eigenvalue weighted by Crippen LogP contribution is -2.45. The molecule has 3 N–H and O–H groups in total. The summed E-state index contributed by atoms with van der Waals surface area (Å²) in [6, 6.07) is 10.5. The zero-order valence-electron chi connectivity index (χ0n) is 14.5. The molecule has 0 saturated heterocycles. The first-order valence-corrected chi connectivity index (χ1v) is 9.29. The van der Waals surface area contributed by atoms with Crippen LogP contribution in [-0.2, 0) is 24.3 Å². The molecular formula is C20H26N4O. The summed E-state index contributed by atoms with van der Waals surface area (Å²) in [5.74, 6) is 2.04. The van der Waals surface area contributed by atoms with Crippen LogP contribution in [0.25, 0.3) is 0 Å². The number of carbonyl (C=O) groups excluding carboxylic acids is 1. The van der Waals surface area contributed by atoms with Crippen LogP contribution in [0.2, 0.25) is 0 Å². The number of imidazole rings is 1. The van der Waals surface area contributed by atoms with Gasteiger partial charge in [0.2, 0.25) is 5.91 Å². The van der Waals surface area contributed by atoms with E-state index in [2.05, 4.69) is 39.1 Å². The SMILES string of the molecule is NC1C2CCC(C2)C1C(=O)NCc1nccn1CCc1ccccc1. The third-order valence-corrected chi connectivity index (χ3v) is 5.99. The van der Waals surface area contributed by atoms with Crippen molar-refractivity contribution in [2.24, 2.45) is 23.5 Å². The lowest BCUT2D eigenvalue weighted by molar-refractivity contribution is -0.127. The molecule has 2 fully saturated rings. The highest BCUT2D eigenvalue weighted by molar-refractivity contribution is 5.80. The lowest BCUT2D eigenvalue weighted by Gasteiger charge is -2.27. The van der Waals surface area contributed by atoms with E-state index in [-0.39, 0.29) is 17.9 Å². The van der Waals surface area contributed by atoms with Gasteiger partial charge in [-0.05, 0) is 43.1 Å². The van der Waals surface area contributed by atoms with Gasteiger partial charge in [0.15, 0.2) is 0 Å². The van der Waals surface area contributed by atoms with Gasteiger partial charge in [-0.2, -0.15) is 0 Å². The molecule has 5 nitrogen and oxygen atoms in total. The molecule has 4 atom stereocenters. The Kier molecular flexibility index (Phi) is 4.57. The van der Waals surface area contributed by atoms with Crippen molar-refractivity contribution in [3.8, 4) is 0 Å². The van der Waals surface area contributed by atoms with Crippen molar-refractivity contribution >= 4 is 5.91 Å². The third kappa shape index (κ3) is 3.33. The second-order valence-electron chi connectivity index (χ2n) is 7.43. The Balaban J connectivity index is 1.33. The highest BCUT2D eigenvalue weighted by Gasteiger charge is 2.48. The normalized spacial score (nSPS) is 27.6. The van der Waals surface area contributed by atoms with Crippen LogP contribution in [0.4, 0.5) is 0 Å². The maximum absolute atomic E-state index is 12.6. The Morgan fingerprint density at radius 2 is 2.04 bits per heavy atom. The van der Waals surface area contributed by atoms with Gasteiger partial charge in [-0.1, -0.05) is 30.3 Å². The number of aryl methyl sites for hydroxylation is 2. The van der Waals surface area contributed by atoms with Crippen LogP contribution in [-0.4, -0.2) is 21.5 Å². The van der Waals surface area contributed by atoms with Crippen molar-refractivity contribution < 1.29 is 4.79 Å². The molecule has 132 valence electrons. The number of fused-ring (bicyclic) bond motifs is 2. The van der Waals surface area contributed by atoms with Gasteiger partial charge in [-0.25, -0.2) is 4.98 Å². The van der Waals surface area contributed by atoms with E-state index >= 15 is 0 Å². The molecule has 4 rings (SSSR count). The Labute approximate surface area is 148 Å². The molecule has 0 radical (unpaired) electrons. The molecule has 0 aliphatic heterocycles. The minimum atomic E-state index is -0.00789. The van der Waals surface area contributed by atoms with Crippen molar-refractivity contribution in [2.75, 3.05) is 0 Å². The largest absolute Gasteiger partial charge is 0.349 e. The molecule has 4 unspecified atom stereocenters. The number of amides is 1. The van der Waals surface area contributed by atoms with E-state index in [9.17, 15) is 4.79 Å². The highest BCUT2D eigenvalue weighted by Crippen LogP contribution is 2.47. The Hall–Kier alpha value is -2.14. The summed E-state index contributed by atoms with van der Waals surface area (Å²) >= 11 is 0. The van der Waals surface area contributed by atoms with Crippen LogP contribution in [0.5, 0.6) is 0 Å². The van der Waals surface area contributed by atoms with E-state index in [4.69, 9.17) is 5.73 Å². The van der Waals surface area contributed by atoms with Crippen LogP contribution >= 0.6 is 0 Å².